The van der Waals surface area contributed by atoms with Crippen LogP contribution in [0.25, 0.3) is 11.0 Å². The lowest BCUT2D eigenvalue weighted by Gasteiger charge is -2.34. The molecule has 0 bridgehead atoms. The summed E-state index contributed by atoms with van der Waals surface area (Å²) in [5.74, 6) is -2.01. The molecule has 45 heavy (non-hydrogen) atoms. The Balaban J connectivity index is 1.47. The van der Waals surface area contributed by atoms with Crippen molar-refractivity contribution in [3.8, 4) is 0 Å². The number of imidazole rings is 1. The van der Waals surface area contributed by atoms with Gasteiger partial charge in [-0.05, 0) is 88.5 Å². The van der Waals surface area contributed by atoms with Gasteiger partial charge in [0.2, 0.25) is 11.8 Å². The van der Waals surface area contributed by atoms with Crippen molar-refractivity contribution >= 4 is 36.0 Å². The van der Waals surface area contributed by atoms with Crippen molar-refractivity contribution in [2.75, 3.05) is 13.2 Å². The topological polar surface area (TPSA) is 94.5 Å². The van der Waals surface area contributed by atoms with Crippen LogP contribution < -0.4 is 10.0 Å². The molecule has 2 aliphatic carbocycles. The number of halogens is 2. The quantitative estimate of drug-likeness (QED) is 0.167. The zero-order chi connectivity index (χ0) is 32.6. The van der Waals surface area contributed by atoms with Gasteiger partial charge in [-0.15, -0.1) is 0 Å². The van der Waals surface area contributed by atoms with Crippen LogP contribution >= 0.6 is 0 Å². The van der Waals surface area contributed by atoms with E-state index in [1.165, 1.54) is 0 Å². The zero-order valence-electron chi connectivity index (χ0n) is 27.8. The van der Waals surface area contributed by atoms with Crippen molar-refractivity contribution in [2.45, 2.75) is 133 Å². The molecule has 0 radical (unpaired) electrons. The van der Waals surface area contributed by atoms with E-state index in [0.29, 0.717) is 25.9 Å². The van der Waals surface area contributed by atoms with Gasteiger partial charge in [0.05, 0.1) is 38.9 Å². The van der Waals surface area contributed by atoms with Crippen LogP contribution in [0, 0.1) is 11.8 Å². The molecule has 1 amide bonds. The molecule has 8 nitrogen and oxygen atoms in total. The normalized spacial score (nSPS) is 23.0. The minimum atomic E-state index is -2.63. The van der Waals surface area contributed by atoms with E-state index in [1.807, 2.05) is 32.9 Å². The summed E-state index contributed by atoms with van der Waals surface area (Å²) >= 11 is 0. The molecule has 2 saturated carbocycles. The molecule has 5 rings (SSSR count). The number of carbonyl (C=O) groups is 1. The minimum absolute atomic E-state index is 0.133. The van der Waals surface area contributed by atoms with Crippen LogP contribution in [-0.2, 0) is 32.0 Å². The summed E-state index contributed by atoms with van der Waals surface area (Å²) in [6, 6.07) is 6.54. The smallest absolute Gasteiger partial charge is 0.248 e. The fourth-order valence-electron chi connectivity index (χ4n) is 6.20. The molecule has 3 aliphatic rings. The van der Waals surface area contributed by atoms with Crippen LogP contribution in [0.1, 0.15) is 95.6 Å². The fraction of sp³-hybridized carbons (Fsp3) is 0.758. The highest BCUT2D eigenvalue weighted by atomic mass is 32.2. The summed E-state index contributed by atoms with van der Waals surface area (Å²) in [6.45, 7) is 14.4. The van der Waals surface area contributed by atoms with Gasteiger partial charge in [0.1, 0.15) is 18.6 Å². The number of carbonyl (C=O) groups excluding carboxylic acids is 1. The predicted octanol–water partition coefficient (Wildman–Crippen LogP) is 7.01. The molecule has 252 valence electrons. The van der Waals surface area contributed by atoms with Crippen molar-refractivity contribution in [1.29, 1.82) is 0 Å². The van der Waals surface area contributed by atoms with E-state index in [-0.39, 0.29) is 43.2 Å². The number of benzene rings is 1. The number of fused-ring (bicyclic) bond motifs is 1. The number of ether oxygens (including phenoxy) is 2. The number of rotatable bonds is 14. The van der Waals surface area contributed by atoms with Crippen molar-refractivity contribution in [3.63, 3.8) is 0 Å². The van der Waals surface area contributed by atoms with Crippen LogP contribution in [0.2, 0.25) is 25.7 Å². The molecule has 2 aromatic rings. The minimum Gasteiger partial charge on any atom is -0.376 e. The highest BCUT2D eigenvalue weighted by Crippen LogP contribution is 2.45. The molecular weight excluding hydrogens is 615 g/mol. The summed E-state index contributed by atoms with van der Waals surface area (Å²) in [5, 5.41) is 3.19. The zero-order valence-corrected chi connectivity index (χ0v) is 29.6. The van der Waals surface area contributed by atoms with E-state index in [0.717, 1.165) is 60.6 Å². The summed E-state index contributed by atoms with van der Waals surface area (Å²) in [4.78, 5) is 18.1. The van der Waals surface area contributed by atoms with E-state index < -0.39 is 35.8 Å². The Morgan fingerprint density at radius 2 is 1.91 bits per heavy atom. The number of nitrogens with one attached hydrogen (secondary N) is 2. The molecule has 2 heterocycles. The lowest BCUT2D eigenvalue weighted by Crippen LogP contribution is -2.43. The first-order valence-electron chi connectivity index (χ1n) is 16.6. The van der Waals surface area contributed by atoms with Crippen LogP contribution in [0.3, 0.4) is 0 Å². The van der Waals surface area contributed by atoms with Gasteiger partial charge in [-0.25, -0.2) is 22.7 Å². The number of nitrogens with zero attached hydrogens (tertiary/aromatic N) is 2. The van der Waals surface area contributed by atoms with Crippen molar-refractivity contribution in [2.24, 2.45) is 11.8 Å². The Hall–Kier alpha value is -1.73. The largest absolute Gasteiger partial charge is 0.376 e. The molecule has 0 unspecified atom stereocenters. The molecule has 1 saturated heterocycles. The molecule has 2 N–H and O–H groups in total. The summed E-state index contributed by atoms with van der Waals surface area (Å²) < 4.78 is 57.8. The molecule has 3 fully saturated rings. The Bertz CT molecular complexity index is 1360. The van der Waals surface area contributed by atoms with E-state index in [2.05, 4.69) is 40.3 Å². The number of hydrogen-bond donors (Lipinski definition) is 2. The van der Waals surface area contributed by atoms with Crippen LogP contribution in [0.5, 0.6) is 0 Å². The first-order chi connectivity index (χ1) is 21.1. The maximum atomic E-state index is 13.5. The summed E-state index contributed by atoms with van der Waals surface area (Å²) in [5.41, 5.74) is 2.66. The lowest BCUT2D eigenvalue weighted by molar-refractivity contribution is -0.134. The van der Waals surface area contributed by atoms with Gasteiger partial charge >= 0.3 is 0 Å². The highest BCUT2D eigenvalue weighted by molar-refractivity contribution is 7.84. The fourth-order valence-corrected chi connectivity index (χ4v) is 7.80. The Kier molecular flexibility index (Phi) is 10.6. The SMILES string of the molecule is CC(C)(C)[S@@](=O)N[C@H](c1nc2ccc([C@H](NC(=O)CC3CC(F)(F)C3)C3CC3)cc2n1COCC[Si](C)(C)C)[C@@H]1CCCCO1. The maximum Gasteiger partial charge on any atom is 0.248 e. The van der Waals surface area contributed by atoms with Crippen molar-refractivity contribution < 1.29 is 27.3 Å². The van der Waals surface area contributed by atoms with Gasteiger partial charge in [0, 0.05) is 40.6 Å². The third kappa shape index (κ3) is 9.21. The average Bonchev–Trinajstić information content (AvgIpc) is 3.72. The van der Waals surface area contributed by atoms with Gasteiger partial charge < -0.3 is 19.4 Å². The van der Waals surface area contributed by atoms with Gasteiger partial charge in [-0.1, -0.05) is 25.7 Å². The van der Waals surface area contributed by atoms with Crippen molar-refractivity contribution in [1.82, 2.24) is 19.6 Å². The average molecular weight is 667 g/mol. The highest BCUT2D eigenvalue weighted by Gasteiger charge is 2.46. The van der Waals surface area contributed by atoms with E-state index in [4.69, 9.17) is 14.5 Å². The predicted molar refractivity (Wildman–Crippen MR) is 177 cm³/mol. The maximum absolute atomic E-state index is 13.5. The second kappa shape index (κ2) is 13.8. The molecule has 0 spiro atoms. The monoisotopic (exact) mass is 666 g/mol. The van der Waals surface area contributed by atoms with Crippen LogP contribution in [-0.4, -0.2) is 57.7 Å². The lowest BCUT2D eigenvalue weighted by atomic mass is 9.79. The van der Waals surface area contributed by atoms with E-state index in [9.17, 15) is 17.8 Å². The number of aromatic nitrogens is 2. The number of amides is 1. The van der Waals surface area contributed by atoms with Crippen LogP contribution in [0.4, 0.5) is 8.78 Å². The van der Waals surface area contributed by atoms with E-state index in [1.54, 1.807) is 0 Å². The molecule has 12 heteroatoms. The Morgan fingerprint density at radius 1 is 1.18 bits per heavy atom. The van der Waals surface area contributed by atoms with E-state index >= 15 is 0 Å². The first kappa shape index (κ1) is 34.6. The molecule has 1 aromatic heterocycles. The van der Waals surface area contributed by atoms with Gasteiger partial charge in [-0.3, -0.25) is 4.79 Å². The van der Waals surface area contributed by atoms with Gasteiger partial charge in [0.15, 0.2) is 0 Å². The second-order valence-corrected chi connectivity index (χ2v) is 23.2. The molecular formula is C33H52F2N4O4SSi. The summed E-state index contributed by atoms with van der Waals surface area (Å²) in [6.07, 6.45) is 4.43. The first-order valence-corrected chi connectivity index (χ1v) is 21.5. The third-order valence-corrected chi connectivity index (χ3v) is 12.4. The van der Waals surface area contributed by atoms with Gasteiger partial charge in [0.25, 0.3) is 0 Å². The molecule has 4 atom stereocenters. The molecule has 1 aromatic carbocycles. The van der Waals surface area contributed by atoms with Gasteiger partial charge in [-0.2, -0.15) is 0 Å². The summed E-state index contributed by atoms with van der Waals surface area (Å²) in [7, 11) is -2.66. The third-order valence-electron chi connectivity index (χ3n) is 9.09. The van der Waals surface area contributed by atoms with Crippen LogP contribution in [0.15, 0.2) is 18.2 Å². The van der Waals surface area contributed by atoms with Crippen molar-refractivity contribution in [3.05, 3.63) is 29.6 Å². The standard InChI is InChI=1S/C33H52F2N4O4SSi/c1-32(2,3)44(41)38-30(27-9-7-8-14-43-27)31-36-25-13-12-24(18-26(25)39(31)21-42-15-16-45(4,5)6)29(23-10-11-23)37-28(40)17-22-19-33(34,35)20-22/h12-13,18,22-23,27,29-30,38H,7-11,14-17,19-21H2,1-6H3,(H,37,40)/t27-,29+,30-,44+/m0/s1. The Morgan fingerprint density at radius 3 is 2.51 bits per heavy atom. The Labute approximate surface area is 270 Å². The number of alkyl halides is 2. The molecule has 1 aliphatic heterocycles. The number of hydrogen-bond acceptors (Lipinski definition) is 5. The second-order valence-electron chi connectivity index (χ2n) is 15.6.